The topological polar surface area (TPSA) is 68.8 Å². The predicted molar refractivity (Wildman–Crippen MR) is 126 cm³/mol. The van der Waals surface area contributed by atoms with E-state index in [2.05, 4.69) is 64.0 Å². The van der Waals surface area contributed by atoms with E-state index in [9.17, 15) is 4.79 Å². The summed E-state index contributed by atoms with van der Waals surface area (Å²) in [5.41, 5.74) is 2.14. The van der Waals surface area contributed by atoms with E-state index in [0.717, 1.165) is 25.6 Å². The molecule has 27 heavy (non-hydrogen) atoms. The average molecular weight is 489 g/mol. The molecule has 0 heterocycles. The van der Waals surface area contributed by atoms with Crippen LogP contribution < -0.4 is 20.9 Å². The SMILES string of the molecule is CCN(CCNC(=NC)NCCNC(=O)C(C)(C)C)c1cccc(C)c1.I. The van der Waals surface area contributed by atoms with Gasteiger partial charge in [0.2, 0.25) is 5.91 Å². The van der Waals surface area contributed by atoms with Crippen LogP contribution in [0.2, 0.25) is 0 Å². The van der Waals surface area contributed by atoms with Crippen molar-refractivity contribution >= 4 is 41.5 Å². The molecule has 1 aromatic rings. The Morgan fingerprint density at radius 3 is 2.30 bits per heavy atom. The van der Waals surface area contributed by atoms with Gasteiger partial charge in [0.25, 0.3) is 0 Å². The highest BCUT2D eigenvalue weighted by atomic mass is 127. The van der Waals surface area contributed by atoms with Crippen molar-refractivity contribution in [1.82, 2.24) is 16.0 Å². The molecule has 7 heteroatoms. The zero-order valence-corrected chi connectivity index (χ0v) is 19.9. The van der Waals surface area contributed by atoms with Crippen molar-refractivity contribution in [1.29, 1.82) is 0 Å². The minimum atomic E-state index is -0.362. The zero-order valence-electron chi connectivity index (χ0n) is 17.6. The van der Waals surface area contributed by atoms with E-state index < -0.39 is 0 Å². The first-order chi connectivity index (χ1) is 12.3. The molecule has 0 saturated heterocycles. The molecule has 0 spiro atoms. The molecule has 0 saturated carbocycles. The van der Waals surface area contributed by atoms with Crippen molar-refractivity contribution in [2.75, 3.05) is 44.7 Å². The molecule has 6 nitrogen and oxygen atoms in total. The fourth-order valence-corrected chi connectivity index (χ4v) is 2.45. The summed E-state index contributed by atoms with van der Waals surface area (Å²) >= 11 is 0. The molecule has 1 aromatic carbocycles. The number of benzene rings is 1. The molecule has 0 atom stereocenters. The number of halogens is 1. The third-order valence-electron chi connectivity index (χ3n) is 4.03. The van der Waals surface area contributed by atoms with Gasteiger partial charge in [-0.1, -0.05) is 32.9 Å². The first-order valence-corrected chi connectivity index (χ1v) is 9.32. The Morgan fingerprint density at radius 2 is 1.74 bits per heavy atom. The van der Waals surface area contributed by atoms with Crippen LogP contribution in [0.5, 0.6) is 0 Å². The van der Waals surface area contributed by atoms with E-state index >= 15 is 0 Å². The van der Waals surface area contributed by atoms with E-state index in [0.29, 0.717) is 13.1 Å². The standard InChI is InChI=1S/C20H35N5O.HI/c1-7-25(17-10-8-9-16(2)15-17)14-13-24-19(21-6)23-12-11-22-18(26)20(3,4)5;/h8-10,15H,7,11-14H2,1-6H3,(H,22,26)(H2,21,23,24);1H. The summed E-state index contributed by atoms with van der Waals surface area (Å²) in [5.74, 6) is 0.800. The second-order valence-corrected chi connectivity index (χ2v) is 7.35. The fraction of sp³-hybridized carbons (Fsp3) is 0.600. The Balaban J connectivity index is 0.00000676. The summed E-state index contributed by atoms with van der Waals surface area (Å²) in [6.45, 7) is 13.8. The van der Waals surface area contributed by atoms with E-state index in [4.69, 9.17) is 0 Å². The molecule has 0 aliphatic rings. The molecular formula is C20H36IN5O. The molecule has 0 unspecified atom stereocenters. The van der Waals surface area contributed by atoms with Gasteiger partial charge in [-0.15, -0.1) is 24.0 Å². The van der Waals surface area contributed by atoms with Crippen LogP contribution in [0, 0.1) is 12.3 Å². The first-order valence-electron chi connectivity index (χ1n) is 9.32. The van der Waals surface area contributed by atoms with Crippen LogP contribution in [0.1, 0.15) is 33.3 Å². The van der Waals surface area contributed by atoms with Gasteiger partial charge in [0, 0.05) is 50.9 Å². The molecule has 154 valence electrons. The molecule has 1 amide bonds. The molecular weight excluding hydrogens is 453 g/mol. The minimum Gasteiger partial charge on any atom is -0.370 e. The summed E-state index contributed by atoms with van der Waals surface area (Å²) < 4.78 is 0. The Hall–Kier alpha value is -1.51. The van der Waals surface area contributed by atoms with Crippen LogP contribution in [0.25, 0.3) is 0 Å². The Bertz CT molecular complexity index is 598. The van der Waals surface area contributed by atoms with Crippen molar-refractivity contribution < 1.29 is 4.79 Å². The Labute approximate surface area is 181 Å². The lowest BCUT2D eigenvalue weighted by atomic mass is 9.96. The van der Waals surface area contributed by atoms with E-state index in [1.54, 1.807) is 7.05 Å². The van der Waals surface area contributed by atoms with Gasteiger partial charge in [0.05, 0.1) is 0 Å². The molecule has 0 fully saturated rings. The molecule has 0 radical (unpaired) electrons. The van der Waals surface area contributed by atoms with Crippen LogP contribution in [0.15, 0.2) is 29.3 Å². The van der Waals surface area contributed by atoms with E-state index in [1.165, 1.54) is 11.3 Å². The van der Waals surface area contributed by atoms with Gasteiger partial charge in [0.1, 0.15) is 0 Å². The lowest BCUT2D eigenvalue weighted by molar-refractivity contribution is -0.128. The van der Waals surface area contributed by atoms with Crippen LogP contribution in [0.4, 0.5) is 5.69 Å². The predicted octanol–water partition coefficient (Wildman–Crippen LogP) is 2.77. The number of nitrogens with zero attached hydrogens (tertiary/aromatic N) is 2. The van der Waals surface area contributed by atoms with E-state index in [-0.39, 0.29) is 35.3 Å². The highest BCUT2D eigenvalue weighted by Crippen LogP contribution is 2.15. The number of rotatable bonds is 8. The van der Waals surface area contributed by atoms with Crippen LogP contribution in [-0.2, 0) is 4.79 Å². The molecule has 0 aliphatic carbocycles. The summed E-state index contributed by atoms with van der Waals surface area (Å²) in [6, 6.07) is 8.54. The van der Waals surface area contributed by atoms with Gasteiger partial charge in [0.15, 0.2) is 5.96 Å². The number of aliphatic imine (C=N–C) groups is 1. The lowest BCUT2D eigenvalue weighted by Crippen LogP contribution is -2.45. The second-order valence-electron chi connectivity index (χ2n) is 7.35. The lowest BCUT2D eigenvalue weighted by Gasteiger charge is -2.24. The number of carbonyl (C=O) groups excluding carboxylic acids is 1. The smallest absolute Gasteiger partial charge is 0.225 e. The van der Waals surface area contributed by atoms with Gasteiger partial charge in [-0.2, -0.15) is 0 Å². The maximum Gasteiger partial charge on any atom is 0.225 e. The Morgan fingerprint density at radius 1 is 1.11 bits per heavy atom. The zero-order chi connectivity index (χ0) is 19.6. The highest BCUT2D eigenvalue weighted by molar-refractivity contribution is 14.0. The fourth-order valence-electron chi connectivity index (χ4n) is 2.45. The Kier molecular flexibility index (Phi) is 12.1. The van der Waals surface area contributed by atoms with E-state index in [1.807, 2.05) is 20.8 Å². The number of anilines is 1. The number of aryl methyl sites for hydroxylation is 1. The molecule has 0 bridgehead atoms. The van der Waals surface area contributed by atoms with Crippen molar-refractivity contribution in [3.8, 4) is 0 Å². The number of likely N-dealkylation sites (N-methyl/N-ethyl adjacent to an activating group) is 1. The summed E-state index contributed by atoms with van der Waals surface area (Å²) in [6.07, 6.45) is 0. The van der Waals surface area contributed by atoms with Crippen molar-refractivity contribution in [3.63, 3.8) is 0 Å². The molecule has 0 aromatic heterocycles. The number of amides is 1. The van der Waals surface area contributed by atoms with Gasteiger partial charge in [-0.25, -0.2) is 0 Å². The third kappa shape index (κ3) is 9.83. The maximum absolute atomic E-state index is 11.8. The van der Waals surface area contributed by atoms with Crippen LogP contribution in [-0.4, -0.2) is 51.6 Å². The summed E-state index contributed by atoms with van der Waals surface area (Å²) in [5, 5.41) is 9.46. The second kappa shape index (κ2) is 12.8. The van der Waals surface area contributed by atoms with Gasteiger partial charge in [-0.05, 0) is 31.5 Å². The van der Waals surface area contributed by atoms with Crippen LogP contribution in [0.3, 0.4) is 0 Å². The quantitative estimate of drug-likeness (QED) is 0.228. The highest BCUT2D eigenvalue weighted by Gasteiger charge is 2.20. The minimum absolute atomic E-state index is 0. The number of nitrogens with one attached hydrogen (secondary N) is 3. The third-order valence-corrected chi connectivity index (χ3v) is 4.03. The number of hydrogen-bond acceptors (Lipinski definition) is 3. The van der Waals surface area contributed by atoms with Gasteiger partial charge < -0.3 is 20.9 Å². The molecule has 0 aliphatic heterocycles. The summed E-state index contributed by atoms with van der Waals surface area (Å²) in [4.78, 5) is 18.4. The number of guanidine groups is 1. The van der Waals surface area contributed by atoms with Crippen molar-refractivity contribution in [2.45, 2.75) is 34.6 Å². The van der Waals surface area contributed by atoms with Crippen molar-refractivity contribution in [2.24, 2.45) is 10.4 Å². The average Bonchev–Trinajstić information content (AvgIpc) is 2.59. The van der Waals surface area contributed by atoms with Crippen molar-refractivity contribution in [3.05, 3.63) is 29.8 Å². The van der Waals surface area contributed by atoms with Gasteiger partial charge in [-0.3, -0.25) is 9.79 Å². The number of carbonyl (C=O) groups is 1. The monoisotopic (exact) mass is 489 g/mol. The normalized spacial score (nSPS) is 11.4. The summed E-state index contributed by atoms with van der Waals surface area (Å²) in [7, 11) is 1.75. The molecule has 1 rings (SSSR count). The largest absolute Gasteiger partial charge is 0.370 e. The maximum atomic E-state index is 11.8. The first kappa shape index (κ1) is 25.5. The van der Waals surface area contributed by atoms with Gasteiger partial charge >= 0.3 is 0 Å². The molecule has 3 N–H and O–H groups in total. The number of hydrogen-bond donors (Lipinski definition) is 3. The van der Waals surface area contributed by atoms with Crippen LogP contribution >= 0.6 is 24.0 Å².